The summed E-state index contributed by atoms with van der Waals surface area (Å²) in [7, 11) is 0. The van der Waals surface area contributed by atoms with Crippen LogP contribution in [0.2, 0.25) is 0 Å². The Labute approximate surface area is 171 Å². The number of hydrogen-bond acceptors (Lipinski definition) is 6. The summed E-state index contributed by atoms with van der Waals surface area (Å²) < 4.78 is 0. The van der Waals surface area contributed by atoms with E-state index in [0.717, 1.165) is 24.6 Å². The van der Waals surface area contributed by atoms with Gasteiger partial charge in [-0.25, -0.2) is 0 Å². The summed E-state index contributed by atoms with van der Waals surface area (Å²) in [5.41, 5.74) is 6.62. The first-order valence-electron chi connectivity index (χ1n) is 10.8. The Bertz CT molecular complexity index is 787. The number of nitrogens with two attached hydrogens (primary N) is 1. The lowest BCUT2D eigenvalue weighted by Gasteiger charge is -2.41. The molecule has 1 amide bonds. The first-order chi connectivity index (χ1) is 14.2. The van der Waals surface area contributed by atoms with E-state index in [1.165, 1.54) is 45.1 Å². The van der Waals surface area contributed by atoms with Gasteiger partial charge in [0.1, 0.15) is 0 Å². The highest BCUT2D eigenvalue weighted by molar-refractivity contribution is 5.90. The minimum absolute atomic E-state index is 0.0933. The molecule has 0 radical (unpaired) electrons. The lowest BCUT2D eigenvalue weighted by molar-refractivity contribution is 0.0574. The van der Waals surface area contributed by atoms with E-state index in [4.69, 9.17) is 5.73 Å². The van der Waals surface area contributed by atoms with Gasteiger partial charge in [-0.05, 0) is 49.8 Å². The number of H-pyrrole nitrogens is 1. The highest BCUT2D eigenvalue weighted by Crippen LogP contribution is 2.28. The summed E-state index contributed by atoms with van der Waals surface area (Å²) in [6, 6.07) is 4.62. The van der Waals surface area contributed by atoms with E-state index < -0.39 is 0 Å². The molecular formula is C21H31N7O. The number of pyridine rings is 1. The molecule has 3 heterocycles. The standard InChI is InChI=1S/C21H31N7O/c22-21-24-19(25-26-21)20(29)28(13-16-6-4-10-23-12-16)15-17-7-5-11-27(14-17)18-8-2-1-3-9-18/h4,6,10,12,17-18H,1-3,5,7-9,11,13-15H2,(H3,22,24,25,26). The predicted molar refractivity (Wildman–Crippen MR) is 111 cm³/mol. The number of hydrogen-bond donors (Lipinski definition) is 2. The lowest BCUT2D eigenvalue weighted by Crippen LogP contribution is -2.47. The van der Waals surface area contributed by atoms with Crippen molar-refractivity contribution in [2.24, 2.45) is 5.92 Å². The van der Waals surface area contributed by atoms with Crippen LogP contribution in [0.5, 0.6) is 0 Å². The molecule has 0 spiro atoms. The average molecular weight is 398 g/mol. The van der Waals surface area contributed by atoms with Gasteiger partial charge in [-0.2, -0.15) is 4.98 Å². The topological polar surface area (TPSA) is 104 Å². The Morgan fingerprint density at radius 3 is 2.83 bits per heavy atom. The van der Waals surface area contributed by atoms with Crippen LogP contribution < -0.4 is 5.73 Å². The van der Waals surface area contributed by atoms with E-state index >= 15 is 0 Å². The van der Waals surface area contributed by atoms with Crippen LogP contribution in [0, 0.1) is 5.92 Å². The molecule has 2 aromatic rings. The molecule has 3 N–H and O–H groups in total. The number of nitrogen functional groups attached to an aromatic ring is 1. The summed E-state index contributed by atoms with van der Waals surface area (Å²) in [6.07, 6.45) is 12.6. The number of anilines is 1. The molecule has 8 nitrogen and oxygen atoms in total. The molecule has 2 aliphatic rings. The number of likely N-dealkylation sites (tertiary alicyclic amines) is 1. The molecule has 1 saturated heterocycles. The van der Waals surface area contributed by atoms with Crippen LogP contribution in [-0.2, 0) is 6.54 Å². The van der Waals surface area contributed by atoms with E-state index in [1.54, 1.807) is 6.20 Å². The Morgan fingerprint density at radius 1 is 1.24 bits per heavy atom. The van der Waals surface area contributed by atoms with Crippen molar-refractivity contribution in [3.8, 4) is 0 Å². The van der Waals surface area contributed by atoms with Gasteiger partial charge in [0.15, 0.2) is 0 Å². The van der Waals surface area contributed by atoms with Gasteiger partial charge in [0, 0.05) is 38.1 Å². The number of piperidine rings is 1. The molecule has 29 heavy (non-hydrogen) atoms. The Hall–Kier alpha value is -2.48. The Balaban J connectivity index is 1.46. The summed E-state index contributed by atoms with van der Waals surface area (Å²) >= 11 is 0. The zero-order valence-corrected chi connectivity index (χ0v) is 17.0. The van der Waals surface area contributed by atoms with Crippen molar-refractivity contribution in [2.75, 3.05) is 25.4 Å². The smallest absolute Gasteiger partial charge is 0.291 e. The SMILES string of the molecule is Nc1n[nH]c(C(=O)N(Cc2cccnc2)CC2CCCN(C3CCCCC3)C2)n1. The van der Waals surface area contributed by atoms with Crippen LogP contribution in [0.4, 0.5) is 5.95 Å². The third-order valence-electron chi connectivity index (χ3n) is 6.21. The van der Waals surface area contributed by atoms with E-state index in [1.807, 2.05) is 23.2 Å². The van der Waals surface area contributed by atoms with E-state index in [-0.39, 0.29) is 17.7 Å². The van der Waals surface area contributed by atoms with Crippen LogP contribution in [0.3, 0.4) is 0 Å². The Morgan fingerprint density at radius 2 is 2.10 bits per heavy atom. The summed E-state index contributed by atoms with van der Waals surface area (Å²) in [5, 5.41) is 6.49. The second-order valence-electron chi connectivity index (χ2n) is 8.38. The highest BCUT2D eigenvalue weighted by Gasteiger charge is 2.30. The number of carbonyl (C=O) groups is 1. The van der Waals surface area contributed by atoms with Gasteiger partial charge in [-0.1, -0.05) is 25.3 Å². The van der Waals surface area contributed by atoms with Crippen molar-refractivity contribution in [3.05, 3.63) is 35.9 Å². The van der Waals surface area contributed by atoms with Crippen molar-refractivity contribution in [3.63, 3.8) is 0 Å². The number of carbonyl (C=O) groups excluding carboxylic acids is 1. The fourth-order valence-electron chi connectivity index (χ4n) is 4.79. The van der Waals surface area contributed by atoms with E-state index in [2.05, 4.69) is 25.1 Å². The normalized spacial score (nSPS) is 21.2. The molecule has 4 rings (SSSR count). The third-order valence-corrected chi connectivity index (χ3v) is 6.21. The second kappa shape index (κ2) is 9.35. The molecule has 156 valence electrons. The monoisotopic (exact) mass is 397 g/mol. The van der Waals surface area contributed by atoms with Crippen LogP contribution in [0.1, 0.15) is 61.1 Å². The van der Waals surface area contributed by atoms with Crippen LogP contribution in [0.15, 0.2) is 24.5 Å². The number of rotatable bonds is 6. The molecule has 0 bridgehead atoms. The average Bonchev–Trinajstić information content (AvgIpc) is 3.21. The van der Waals surface area contributed by atoms with Crippen LogP contribution in [0.25, 0.3) is 0 Å². The summed E-state index contributed by atoms with van der Waals surface area (Å²) in [5.74, 6) is 0.599. The maximum atomic E-state index is 13.1. The quantitative estimate of drug-likeness (QED) is 0.776. The highest BCUT2D eigenvalue weighted by atomic mass is 16.2. The fourth-order valence-corrected chi connectivity index (χ4v) is 4.79. The van der Waals surface area contributed by atoms with Crippen molar-refractivity contribution < 1.29 is 4.79 Å². The molecule has 1 unspecified atom stereocenters. The van der Waals surface area contributed by atoms with Gasteiger partial charge >= 0.3 is 0 Å². The molecule has 2 fully saturated rings. The molecule has 1 atom stereocenters. The zero-order valence-electron chi connectivity index (χ0n) is 17.0. The van der Waals surface area contributed by atoms with Gasteiger partial charge in [-0.15, -0.1) is 5.10 Å². The molecule has 8 heteroatoms. The molecular weight excluding hydrogens is 366 g/mol. The van der Waals surface area contributed by atoms with E-state index in [9.17, 15) is 4.79 Å². The number of aromatic nitrogens is 4. The van der Waals surface area contributed by atoms with Crippen LogP contribution >= 0.6 is 0 Å². The molecule has 1 saturated carbocycles. The molecule has 2 aromatic heterocycles. The van der Waals surface area contributed by atoms with Crippen LogP contribution in [-0.4, -0.2) is 61.5 Å². The van der Waals surface area contributed by atoms with Crippen molar-refractivity contribution >= 4 is 11.9 Å². The maximum absolute atomic E-state index is 13.1. The van der Waals surface area contributed by atoms with Gasteiger partial charge in [0.25, 0.3) is 5.91 Å². The van der Waals surface area contributed by atoms with Crippen molar-refractivity contribution in [1.82, 2.24) is 30.0 Å². The zero-order chi connectivity index (χ0) is 20.1. The third kappa shape index (κ3) is 5.12. The van der Waals surface area contributed by atoms with E-state index in [0.29, 0.717) is 19.0 Å². The first kappa shape index (κ1) is 19.8. The number of aromatic amines is 1. The summed E-state index contributed by atoms with van der Waals surface area (Å²) in [6.45, 7) is 3.47. The fraction of sp³-hybridized carbons (Fsp3) is 0.619. The van der Waals surface area contributed by atoms with Crippen molar-refractivity contribution in [1.29, 1.82) is 0 Å². The van der Waals surface area contributed by atoms with Crippen molar-refractivity contribution in [2.45, 2.75) is 57.5 Å². The van der Waals surface area contributed by atoms with Gasteiger partial charge in [-0.3, -0.25) is 14.9 Å². The predicted octanol–water partition coefficient (Wildman–Crippen LogP) is 2.47. The second-order valence-corrected chi connectivity index (χ2v) is 8.38. The molecule has 1 aliphatic carbocycles. The minimum atomic E-state index is -0.159. The van der Waals surface area contributed by atoms with Gasteiger partial charge in [0.2, 0.25) is 11.8 Å². The largest absolute Gasteiger partial charge is 0.366 e. The molecule has 0 aromatic carbocycles. The minimum Gasteiger partial charge on any atom is -0.366 e. The lowest BCUT2D eigenvalue weighted by atomic mass is 9.90. The maximum Gasteiger partial charge on any atom is 0.291 e. The van der Waals surface area contributed by atoms with Gasteiger partial charge in [0.05, 0.1) is 0 Å². The van der Waals surface area contributed by atoms with Gasteiger partial charge < -0.3 is 15.5 Å². The number of amides is 1. The molecule has 1 aliphatic heterocycles. The summed E-state index contributed by atoms with van der Waals surface area (Å²) in [4.78, 5) is 25.9. The Kier molecular flexibility index (Phi) is 6.39. The number of nitrogens with one attached hydrogen (secondary N) is 1. The first-order valence-corrected chi connectivity index (χ1v) is 10.8. The number of nitrogens with zero attached hydrogens (tertiary/aromatic N) is 5.